The SMILES string of the molecule is COc1cc([C@@H]2c3cc4c(cc3[C@@H](n3cc(COc5ccc(C(=O)/C=C/c6cccc(F)c6)cc5)nn3)[C@H]3COC(=O)[C@H]23)OCO4)cc(OC)c1OC. The molecule has 8 rings (SSSR count). The maximum Gasteiger partial charge on any atom is 0.310 e. The number of carbonyl (C=O) groups excluding carboxylic acids is 2. The largest absolute Gasteiger partial charge is 0.493 e. The van der Waals surface area contributed by atoms with E-state index in [1.807, 2.05) is 24.3 Å². The first kappa shape index (κ1) is 33.8. The van der Waals surface area contributed by atoms with Gasteiger partial charge in [-0.3, -0.25) is 9.59 Å². The molecule has 1 fully saturated rings. The van der Waals surface area contributed by atoms with E-state index in [0.29, 0.717) is 51.3 Å². The first-order valence-electron chi connectivity index (χ1n) is 16.9. The van der Waals surface area contributed by atoms with Crippen molar-refractivity contribution in [3.63, 3.8) is 0 Å². The summed E-state index contributed by atoms with van der Waals surface area (Å²) in [4.78, 5) is 26.3. The van der Waals surface area contributed by atoms with E-state index < -0.39 is 17.9 Å². The Morgan fingerprint density at radius 2 is 1.66 bits per heavy atom. The second-order valence-electron chi connectivity index (χ2n) is 12.8. The number of methoxy groups -OCH3 is 3. The minimum atomic E-state index is -0.579. The van der Waals surface area contributed by atoms with Crippen molar-refractivity contribution < 1.29 is 47.1 Å². The molecule has 53 heavy (non-hydrogen) atoms. The molecule has 2 aliphatic heterocycles. The fourth-order valence-electron chi connectivity index (χ4n) is 7.42. The Hall–Kier alpha value is -6.37. The molecule has 5 aromatic rings. The molecule has 0 N–H and O–H groups in total. The molecule has 0 unspecified atom stereocenters. The Kier molecular flexibility index (Phi) is 8.90. The number of hydrogen-bond acceptors (Lipinski definition) is 11. The quantitative estimate of drug-likeness (QED) is 0.0883. The fraction of sp³-hybridized carbons (Fsp3) is 0.250. The number of nitrogens with zero attached hydrogens (tertiary/aromatic N) is 3. The first-order chi connectivity index (χ1) is 25.8. The van der Waals surface area contributed by atoms with Crippen molar-refractivity contribution in [3.8, 4) is 34.5 Å². The molecular formula is C40H34FN3O9. The smallest absolute Gasteiger partial charge is 0.310 e. The molecule has 0 bridgehead atoms. The maximum atomic E-state index is 13.6. The number of allylic oxidation sites excluding steroid dienone is 1. The van der Waals surface area contributed by atoms with Gasteiger partial charge in [-0.1, -0.05) is 23.4 Å². The van der Waals surface area contributed by atoms with Gasteiger partial charge in [0.15, 0.2) is 28.8 Å². The van der Waals surface area contributed by atoms with Crippen LogP contribution >= 0.6 is 0 Å². The summed E-state index contributed by atoms with van der Waals surface area (Å²) in [6.45, 7) is 0.362. The number of benzene rings is 4. The summed E-state index contributed by atoms with van der Waals surface area (Å²) in [6, 6.07) is 19.9. The van der Waals surface area contributed by atoms with E-state index >= 15 is 0 Å². The number of ether oxygens (including phenoxy) is 7. The molecule has 0 spiro atoms. The number of aromatic nitrogens is 3. The zero-order valence-corrected chi connectivity index (χ0v) is 29.0. The summed E-state index contributed by atoms with van der Waals surface area (Å²) in [6.07, 6.45) is 4.77. The second kappa shape index (κ2) is 14.0. The number of ketones is 1. The van der Waals surface area contributed by atoms with E-state index in [4.69, 9.17) is 33.2 Å². The summed E-state index contributed by atoms with van der Waals surface area (Å²) in [5, 5.41) is 8.91. The molecule has 1 saturated heterocycles. The highest BCUT2D eigenvalue weighted by molar-refractivity contribution is 6.06. The monoisotopic (exact) mass is 719 g/mol. The number of rotatable bonds is 11. The summed E-state index contributed by atoms with van der Waals surface area (Å²) in [5.41, 5.74) is 4.13. The lowest BCUT2D eigenvalue weighted by Gasteiger charge is -2.39. The van der Waals surface area contributed by atoms with Crippen molar-refractivity contribution in [1.29, 1.82) is 0 Å². The first-order valence-corrected chi connectivity index (χ1v) is 16.9. The van der Waals surface area contributed by atoms with Crippen molar-refractivity contribution in [2.24, 2.45) is 11.8 Å². The van der Waals surface area contributed by atoms with Crippen molar-refractivity contribution in [1.82, 2.24) is 15.0 Å². The molecule has 3 heterocycles. The van der Waals surface area contributed by atoms with E-state index in [2.05, 4.69) is 10.3 Å². The maximum absolute atomic E-state index is 13.6. The van der Waals surface area contributed by atoms with Crippen LogP contribution in [0.3, 0.4) is 0 Å². The lowest BCUT2D eigenvalue weighted by atomic mass is 9.65. The topological polar surface area (TPSA) is 129 Å². The van der Waals surface area contributed by atoms with E-state index in [0.717, 1.165) is 16.7 Å². The third kappa shape index (κ3) is 6.28. The van der Waals surface area contributed by atoms with E-state index in [1.54, 1.807) is 74.7 Å². The average Bonchev–Trinajstić information content (AvgIpc) is 3.94. The molecule has 0 amide bonds. The van der Waals surface area contributed by atoms with Gasteiger partial charge in [0, 0.05) is 17.4 Å². The predicted octanol–water partition coefficient (Wildman–Crippen LogP) is 6.17. The minimum absolute atomic E-state index is 0.0816. The normalized spacial score (nSPS) is 19.7. The summed E-state index contributed by atoms with van der Waals surface area (Å²) in [5.74, 6) is 0.834. The molecule has 270 valence electrons. The molecule has 4 atom stereocenters. The van der Waals surface area contributed by atoms with Gasteiger partial charge in [0.1, 0.15) is 23.9 Å². The Morgan fingerprint density at radius 1 is 0.925 bits per heavy atom. The molecule has 13 heteroatoms. The Balaban J connectivity index is 1.07. The Morgan fingerprint density at radius 3 is 2.36 bits per heavy atom. The molecule has 4 aromatic carbocycles. The van der Waals surface area contributed by atoms with Gasteiger partial charge in [-0.15, -0.1) is 5.10 Å². The lowest BCUT2D eigenvalue weighted by molar-refractivity contribution is -0.141. The number of carbonyl (C=O) groups is 2. The molecular weight excluding hydrogens is 685 g/mol. The molecule has 1 aromatic heterocycles. The van der Waals surface area contributed by atoms with Crippen molar-refractivity contribution in [2.45, 2.75) is 18.6 Å². The van der Waals surface area contributed by atoms with Crippen LogP contribution in [0.5, 0.6) is 34.5 Å². The van der Waals surface area contributed by atoms with Crippen molar-refractivity contribution in [2.75, 3.05) is 34.7 Å². The third-order valence-electron chi connectivity index (χ3n) is 9.84. The standard InChI is InChI=1S/C40H34FN3O9/c1-47-34-14-24(15-35(48-2)39(34)49-3)36-28-16-32-33(53-21-52-32)17-29(28)38(30-20-51-40(46)37(30)36)44-18-26(42-43-44)19-50-27-10-8-23(9-11-27)31(45)12-7-22-5-4-6-25(41)13-22/h4-18,30,36-38H,19-21H2,1-3H3/b12-7+/t30-,36+,37-,38+/m0/s1. The number of esters is 1. The number of fused-ring (bicyclic) bond motifs is 3. The predicted molar refractivity (Wildman–Crippen MR) is 187 cm³/mol. The van der Waals surface area contributed by atoms with Crippen LogP contribution in [0.1, 0.15) is 50.3 Å². The van der Waals surface area contributed by atoms with Crippen molar-refractivity contribution >= 4 is 17.8 Å². The Bertz CT molecular complexity index is 2210. The van der Waals surface area contributed by atoms with Crippen LogP contribution in [-0.2, 0) is 16.1 Å². The zero-order valence-electron chi connectivity index (χ0n) is 29.0. The van der Waals surface area contributed by atoms with Crippen LogP contribution in [0, 0.1) is 17.7 Å². The molecule has 3 aliphatic rings. The summed E-state index contributed by atoms with van der Waals surface area (Å²) < 4.78 is 55.5. The molecule has 12 nitrogen and oxygen atoms in total. The number of cyclic esters (lactones) is 1. The lowest BCUT2D eigenvalue weighted by Crippen LogP contribution is -2.37. The number of halogens is 1. The number of hydrogen-bond donors (Lipinski definition) is 0. The van der Waals surface area contributed by atoms with Gasteiger partial charge in [0.25, 0.3) is 0 Å². The second-order valence-corrected chi connectivity index (χ2v) is 12.8. The van der Waals surface area contributed by atoms with Crippen LogP contribution < -0.4 is 28.4 Å². The Labute approximate surface area is 303 Å². The van der Waals surface area contributed by atoms with Crippen LogP contribution in [0.4, 0.5) is 4.39 Å². The van der Waals surface area contributed by atoms with Crippen LogP contribution in [0.15, 0.2) is 85.1 Å². The van der Waals surface area contributed by atoms with Gasteiger partial charge in [0.05, 0.1) is 46.1 Å². The van der Waals surface area contributed by atoms with Gasteiger partial charge >= 0.3 is 5.97 Å². The van der Waals surface area contributed by atoms with Crippen LogP contribution in [-0.4, -0.2) is 61.5 Å². The van der Waals surface area contributed by atoms with E-state index in [-0.39, 0.29) is 43.5 Å². The average molecular weight is 720 g/mol. The summed E-state index contributed by atoms with van der Waals surface area (Å²) >= 11 is 0. The van der Waals surface area contributed by atoms with Crippen LogP contribution in [0.25, 0.3) is 6.08 Å². The third-order valence-corrected chi connectivity index (χ3v) is 9.84. The minimum Gasteiger partial charge on any atom is -0.493 e. The van der Waals surface area contributed by atoms with E-state index in [9.17, 15) is 14.0 Å². The molecule has 0 saturated carbocycles. The highest BCUT2D eigenvalue weighted by atomic mass is 19.1. The van der Waals surface area contributed by atoms with Crippen LogP contribution in [0.2, 0.25) is 0 Å². The summed E-state index contributed by atoms with van der Waals surface area (Å²) in [7, 11) is 4.64. The van der Waals surface area contributed by atoms with Gasteiger partial charge in [0.2, 0.25) is 12.5 Å². The van der Waals surface area contributed by atoms with Gasteiger partial charge in [-0.05, 0) is 89.0 Å². The molecule has 1 aliphatic carbocycles. The highest BCUT2D eigenvalue weighted by Gasteiger charge is 2.53. The van der Waals surface area contributed by atoms with Gasteiger partial charge in [-0.2, -0.15) is 0 Å². The van der Waals surface area contributed by atoms with Gasteiger partial charge in [-0.25, -0.2) is 9.07 Å². The van der Waals surface area contributed by atoms with E-state index in [1.165, 1.54) is 18.2 Å². The highest BCUT2D eigenvalue weighted by Crippen LogP contribution is 2.56. The molecule has 0 radical (unpaired) electrons. The fourth-order valence-corrected chi connectivity index (χ4v) is 7.42. The van der Waals surface area contributed by atoms with Gasteiger partial charge < -0.3 is 33.2 Å². The zero-order chi connectivity index (χ0) is 36.6. The van der Waals surface area contributed by atoms with Crippen molar-refractivity contribution in [3.05, 3.63) is 124 Å².